The van der Waals surface area contributed by atoms with E-state index >= 15 is 0 Å². The summed E-state index contributed by atoms with van der Waals surface area (Å²) in [5.74, 6) is -0.197. The van der Waals surface area contributed by atoms with Crippen molar-refractivity contribution in [2.75, 3.05) is 6.54 Å². The predicted molar refractivity (Wildman–Crippen MR) is 80.1 cm³/mol. The number of rotatable bonds is 7. The monoisotopic (exact) mass is 279 g/mol. The Morgan fingerprint density at radius 1 is 1.25 bits per heavy atom. The van der Waals surface area contributed by atoms with Crippen LogP contribution in [0, 0.1) is 5.82 Å². The summed E-state index contributed by atoms with van der Waals surface area (Å²) in [4.78, 5) is 0. The number of benzene rings is 1. The van der Waals surface area contributed by atoms with Crippen molar-refractivity contribution >= 4 is 0 Å². The molecule has 0 aliphatic heterocycles. The number of unbranched alkanes of at least 4 members (excludes halogenated alkanes) is 1. The minimum absolute atomic E-state index is 0.197. The molecule has 0 radical (unpaired) electrons. The van der Waals surface area contributed by atoms with Gasteiger partial charge in [-0.05, 0) is 37.0 Å². The van der Waals surface area contributed by atoms with E-state index in [1.54, 1.807) is 0 Å². The highest BCUT2D eigenvalue weighted by molar-refractivity contribution is 5.20. The maximum atomic E-state index is 13.0. The van der Waals surface area contributed by atoms with E-state index in [9.17, 15) is 9.50 Å². The molecule has 1 fully saturated rings. The van der Waals surface area contributed by atoms with Crippen molar-refractivity contribution in [1.82, 2.24) is 5.32 Å². The Kier molecular flexibility index (Phi) is 5.55. The molecule has 20 heavy (non-hydrogen) atoms. The highest BCUT2D eigenvalue weighted by Crippen LogP contribution is 2.30. The van der Waals surface area contributed by atoms with Gasteiger partial charge in [-0.25, -0.2) is 4.39 Å². The molecule has 1 aliphatic carbocycles. The molecule has 2 N–H and O–H groups in total. The molecule has 2 nitrogen and oxygen atoms in total. The third-order valence-corrected chi connectivity index (χ3v) is 4.33. The number of aliphatic hydroxyl groups is 1. The third kappa shape index (κ3) is 4.29. The van der Waals surface area contributed by atoms with Crippen LogP contribution in [0.15, 0.2) is 24.3 Å². The van der Waals surface area contributed by atoms with Crippen LogP contribution in [0.25, 0.3) is 0 Å². The van der Waals surface area contributed by atoms with Gasteiger partial charge in [0, 0.05) is 12.6 Å². The zero-order chi connectivity index (χ0) is 14.4. The van der Waals surface area contributed by atoms with Gasteiger partial charge in [-0.3, -0.25) is 0 Å². The molecular weight excluding hydrogens is 253 g/mol. The van der Waals surface area contributed by atoms with Crippen LogP contribution in [0.5, 0.6) is 0 Å². The van der Waals surface area contributed by atoms with Gasteiger partial charge in [0.15, 0.2) is 0 Å². The molecule has 0 spiro atoms. The van der Waals surface area contributed by atoms with Gasteiger partial charge < -0.3 is 10.4 Å². The Morgan fingerprint density at radius 2 is 1.90 bits per heavy atom. The lowest BCUT2D eigenvalue weighted by molar-refractivity contribution is 0.0444. The Hall–Kier alpha value is -0.930. The van der Waals surface area contributed by atoms with Crippen LogP contribution in [0.4, 0.5) is 4.39 Å². The van der Waals surface area contributed by atoms with Gasteiger partial charge in [-0.1, -0.05) is 44.7 Å². The first-order chi connectivity index (χ1) is 9.63. The summed E-state index contributed by atoms with van der Waals surface area (Å²) >= 11 is 0. The Bertz CT molecular complexity index is 398. The minimum atomic E-state index is -0.537. The molecule has 2 rings (SSSR count). The summed E-state index contributed by atoms with van der Waals surface area (Å²) < 4.78 is 13.0. The van der Waals surface area contributed by atoms with Gasteiger partial charge in [0.25, 0.3) is 0 Å². The molecule has 0 heterocycles. The molecule has 1 aromatic carbocycles. The lowest BCUT2D eigenvalue weighted by atomic mass is 9.98. The fraction of sp³-hybridized carbons (Fsp3) is 0.647. The van der Waals surface area contributed by atoms with Gasteiger partial charge in [0.05, 0.1) is 5.60 Å². The zero-order valence-electron chi connectivity index (χ0n) is 12.4. The van der Waals surface area contributed by atoms with E-state index in [4.69, 9.17) is 0 Å². The van der Waals surface area contributed by atoms with E-state index in [1.165, 1.54) is 12.1 Å². The van der Waals surface area contributed by atoms with Crippen molar-refractivity contribution < 1.29 is 9.50 Å². The fourth-order valence-corrected chi connectivity index (χ4v) is 3.01. The van der Waals surface area contributed by atoms with Gasteiger partial charge in [-0.15, -0.1) is 0 Å². The second-order valence-corrected chi connectivity index (χ2v) is 6.06. The summed E-state index contributed by atoms with van der Waals surface area (Å²) in [5, 5.41) is 13.9. The molecule has 1 saturated carbocycles. The fourth-order valence-electron chi connectivity index (χ4n) is 3.01. The smallest absolute Gasteiger partial charge is 0.123 e. The predicted octanol–water partition coefficient (Wildman–Crippen LogP) is 3.95. The molecule has 0 aromatic heterocycles. The van der Waals surface area contributed by atoms with Gasteiger partial charge in [0.2, 0.25) is 0 Å². The molecule has 0 saturated heterocycles. The molecule has 0 amide bonds. The number of nitrogens with one attached hydrogen (secondary N) is 1. The van der Waals surface area contributed by atoms with Crippen LogP contribution in [-0.4, -0.2) is 17.3 Å². The number of hydrogen-bond donors (Lipinski definition) is 2. The van der Waals surface area contributed by atoms with Gasteiger partial charge in [0.1, 0.15) is 5.82 Å². The van der Waals surface area contributed by atoms with Gasteiger partial charge in [-0.2, -0.15) is 0 Å². The first-order valence-electron chi connectivity index (χ1n) is 7.84. The van der Waals surface area contributed by atoms with E-state index in [-0.39, 0.29) is 11.9 Å². The van der Waals surface area contributed by atoms with Crippen molar-refractivity contribution in [1.29, 1.82) is 0 Å². The van der Waals surface area contributed by atoms with Crippen LogP contribution in [-0.2, 0) is 0 Å². The maximum Gasteiger partial charge on any atom is 0.123 e. The normalized spacial score (nSPS) is 19.1. The SMILES string of the molecule is CCCCC(NCC1(O)CCCC1)c1ccc(F)cc1. The van der Waals surface area contributed by atoms with Crippen LogP contribution >= 0.6 is 0 Å². The first-order valence-corrected chi connectivity index (χ1v) is 7.84. The lowest BCUT2D eigenvalue weighted by Crippen LogP contribution is -2.39. The van der Waals surface area contributed by atoms with Gasteiger partial charge >= 0.3 is 0 Å². The summed E-state index contributed by atoms with van der Waals surface area (Å²) in [5.41, 5.74) is 0.575. The second kappa shape index (κ2) is 7.19. The largest absolute Gasteiger partial charge is 0.389 e. The number of hydrogen-bond acceptors (Lipinski definition) is 2. The summed E-state index contributed by atoms with van der Waals surface area (Å²) in [7, 11) is 0. The summed E-state index contributed by atoms with van der Waals surface area (Å²) in [6.07, 6.45) is 7.33. The first kappa shape index (κ1) is 15.5. The second-order valence-electron chi connectivity index (χ2n) is 6.06. The van der Waals surface area contributed by atoms with Crippen molar-refractivity contribution in [3.8, 4) is 0 Å². The average Bonchev–Trinajstić information content (AvgIpc) is 2.88. The molecular formula is C17H26FNO. The topological polar surface area (TPSA) is 32.3 Å². The van der Waals surface area contributed by atoms with E-state index in [0.717, 1.165) is 50.5 Å². The Labute approximate surface area is 121 Å². The summed E-state index contributed by atoms with van der Waals surface area (Å²) in [6.45, 7) is 2.81. The number of halogens is 1. The van der Waals surface area contributed by atoms with Crippen LogP contribution in [0.2, 0.25) is 0 Å². The standard InChI is InChI=1S/C17H26FNO/c1-2-3-6-16(14-7-9-15(18)10-8-14)19-13-17(20)11-4-5-12-17/h7-10,16,19-20H,2-6,11-13H2,1H3. The molecule has 112 valence electrons. The summed E-state index contributed by atoms with van der Waals surface area (Å²) in [6, 6.07) is 6.93. The quantitative estimate of drug-likeness (QED) is 0.792. The van der Waals surface area contributed by atoms with E-state index in [0.29, 0.717) is 6.54 Å². The third-order valence-electron chi connectivity index (χ3n) is 4.33. The minimum Gasteiger partial charge on any atom is -0.389 e. The highest BCUT2D eigenvalue weighted by atomic mass is 19.1. The van der Waals surface area contributed by atoms with E-state index < -0.39 is 5.60 Å². The molecule has 1 aliphatic rings. The average molecular weight is 279 g/mol. The molecule has 0 bridgehead atoms. The van der Waals surface area contributed by atoms with Crippen molar-refractivity contribution in [2.24, 2.45) is 0 Å². The molecule has 1 aromatic rings. The van der Waals surface area contributed by atoms with Crippen molar-refractivity contribution in [3.63, 3.8) is 0 Å². The van der Waals surface area contributed by atoms with Crippen molar-refractivity contribution in [3.05, 3.63) is 35.6 Å². The van der Waals surface area contributed by atoms with E-state index in [1.807, 2.05) is 12.1 Å². The van der Waals surface area contributed by atoms with E-state index in [2.05, 4.69) is 12.2 Å². The van der Waals surface area contributed by atoms with Crippen LogP contribution in [0.1, 0.15) is 63.5 Å². The lowest BCUT2D eigenvalue weighted by Gasteiger charge is -2.27. The zero-order valence-corrected chi connectivity index (χ0v) is 12.4. The molecule has 3 heteroatoms. The van der Waals surface area contributed by atoms with Crippen LogP contribution in [0.3, 0.4) is 0 Å². The maximum absolute atomic E-state index is 13.0. The Morgan fingerprint density at radius 3 is 2.50 bits per heavy atom. The molecule has 1 atom stereocenters. The Balaban J connectivity index is 1.97. The van der Waals surface area contributed by atoms with Crippen molar-refractivity contribution in [2.45, 2.75) is 63.5 Å². The van der Waals surface area contributed by atoms with Crippen LogP contribution < -0.4 is 5.32 Å². The molecule has 1 unspecified atom stereocenters. The highest BCUT2D eigenvalue weighted by Gasteiger charge is 2.31.